The van der Waals surface area contributed by atoms with Crippen molar-refractivity contribution in [1.82, 2.24) is 0 Å². The number of fused-ring (bicyclic) bond motifs is 1. The molecule has 5 heteroatoms. The van der Waals surface area contributed by atoms with E-state index in [9.17, 15) is 13.2 Å². The Morgan fingerprint density at radius 3 is 2.48 bits per heavy atom. The van der Waals surface area contributed by atoms with Crippen molar-refractivity contribution in [3.05, 3.63) is 36.1 Å². The standard InChI is InChI=1S/C16H19F3O2/c1-2-3-4-5-8-14-15(11-16(17,18)19)21-13-10-7-6-9-12(13)20-14/h6-7,9-11,14H,2-5,8H2,1H3/b15-11-. The zero-order valence-electron chi connectivity index (χ0n) is 12.0. The molecule has 0 aromatic heterocycles. The van der Waals surface area contributed by atoms with Gasteiger partial charge in [0.15, 0.2) is 17.6 Å². The molecule has 1 aliphatic heterocycles. The SMILES string of the molecule is CCCCCCC1Oc2ccccc2O/C1=C\C(F)(F)F. The molecule has 1 unspecified atom stereocenters. The second-order valence-corrected chi connectivity index (χ2v) is 5.09. The highest BCUT2D eigenvalue weighted by molar-refractivity contribution is 5.43. The van der Waals surface area contributed by atoms with Gasteiger partial charge < -0.3 is 9.47 Å². The number of halogens is 3. The van der Waals surface area contributed by atoms with E-state index in [2.05, 4.69) is 6.92 Å². The van der Waals surface area contributed by atoms with Crippen molar-refractivity contribution in [2.45, 2.75) is 51.3 Å². The van der Waals surface area contributed by atoms with Gasteiger partial charge in [-0.05, 0) is 25.0 Å². The summed E-state index contributed by atoms with van der Waals surface area (Å²) in [7, 11) is 0. The zero-order chi connectivity index (χ0) is 15.3. The molecule has 0 amide bonds. The lowest BCUT2D eigenvalue weighted by molar-refractivity contribution is -0.0835. The molecule has 1 atom stereocenters. The van der Waals surface area contributed by atoms with Crippen LogP contribution < -0.4 is 9.47 Å². The van der Waals surface area contributed by atoms with Gasteiger partial charge >= 0.3 is 6.18 Å². The third-order valence-corrected chi connectivity index (χ3v) is 3.29. The van der Waals surface area contributed by atoms with Gasteiger partial charge in [0.05, 0.1) is 6.08 Å². The van der Waals surface area contributed by atoms with Gasteiger partial charge in [0, 0.05) is 0 Å². The first-order chi connectivity index (χ1) is 9.99. The van der Waals surface area contributed by atoms with Crippen molar-refractivity contribution in [3.63, 3.8) is 0 Å². The van der Waals surface area contributed by atoms with Gasteiger partial charge in [0.1, 0.15) is 5.76 Å². The number of para-hydroxylation sites is 2. The van der Waals surface area contributed by atoms with E-state index in [4.69, 9.17) is 9.47 Å². The molecule has 0 radical (unpaired) electrons. The summed E-state index contributed by atoms with van der Waals surface area (Å²) in [5.74, 6) is 0.674. The van der Waals surface area contributed by atoms with Gasteiger partial charge in [-0.3, -0.25) is 0 Å². The average molecular weight is 300 g/mol. The summed E-state index contributed by atoms with van der Waals surface area (Å²) >= 11 is 0. The van der Waals surface area contributed by atoms with Gasteiger partial charge in [-0.25, -0.2) is 0 Å². The van der Waals surface area contributed by atoms with E-state index in [1.54, 1.807) is 24.3 Å². The number of benzene rings is 1. The summed E-state index contributed by atoms with van der Waals surface area (Å²) in [6.07, 6.45) is -0.399. The quantitative estimate of drug-likeness (QED) is 0.692. The monoisotopic (exact) mass is 300 g/mol. The van der Waals surface area contributed by atoms with Gasteiger partial charge in [-0.15, -0.1) is 0 Å². The normalized spacial score (nSPS) is 19.8. The number of alkyl halides is 3. The third kappa shape index (κ3) is 4.69. The van der Waals surface area contributed by atoms with E-state index in [1.807, 2.05) is 0 Å². The highest BCUT2D eigenvalue weighted by atomic mass is 19.4. The van der Waals surface area contributed by atoms with Crippen molar-refractivity contribution >= 4 is 0 Å². The fourth-order valence-electron chi connectivity index (χ4n) is 2.28. The van der Waals surface area contributed by atoms with Gasteiger partial charge in [0.25, 0.3) is 0 Å². The van der Waals surface area contributed by atoms with Crippen LogP contribution in [-0.4, -0.2) is 12.3 Å². The van der Waals surface area contributed by atoms with Crippen LogP contribution >= 0.6 is 0 Å². The van der Waals surface area contributed by atoms with E-state index in [-0.39, 0.29) is 11.8 Å². The molecule has 0 fully saturated rings. The molecule has 1 aromatic rings. The Labute approximate surface area is 122 Å². The summed E-state index contributed by atoms with van der Waals surface area (Å²) in [5.41, 5.74) is 0. The van der Waals surface area contributed by atoms with Crippen molar-refractivity contribution in [2.24, 2.45) is 0 Å². The van der Waals surface area contributed by atoms with E-state index < -0.39 is 12.3 Å². The summed E-state index contributed by atoms with van der Waals surface area (Å²) in [6, 6.07) is 6.79. The van der Waals surface area contributed by atoms with Crippen LogP contribution in [0.3, 0.4) is 0 Å². The maximum absolute atomic E-state index is 12.6. The molecule has 1 heterocycles. The summed E-state index contributed by atoms with van der Waals surface area (Å²) < 4.78 is 48.9. The van der Waals surface area contributed by atoms with Crippen LogP contribution in [0.4, 0.5) is 13.2 Å². The van der Waals surface area contributed by atoms with Gasteiger partial charge in [-0.1, -0.05) is 38.3 Å². The third-order valence-electron chi connectivity index (χ3n) is 3.29. The highest BCUT2D eigenvalue weighted by Gasteiger charge is 2.32. The van der Waals surface area contributed by atoms with Crippen LogP contribution in [0.5, 0.6) is 11.5 Å². The number of hydrogen-bond donors (Lipinski definition) is 0. The molecule has 2 nitrogen and oxygen atoms in total. The molecule has 0 bridgehead atoms. The Kier molecular flexibility index (Phi) is 5.15. The number of ether oxygens (including phenoxy) is 2. The Hall–Kier alpha value is -1.65. The Morgan fingerprint density at radius 2 is 1.81 bits per heavy atom. The van der Waals surface area contributed by atoms with Crippen molar-refractivity contribution in [1.29, 1.82) is 0 Å². The second-order valence-electron chi connectivity index (χ2n) is 5.09. The van der Waals surface area contributed by atoms with E-state index >= 15 is 0 Å². The van der Waals surface area contributed by atoms with Crippen molar-refractivity contribution in [3.8, 4) is 11.5 Å². The lowest BCUT2D eigenvalue weighted by atomic mass is 10.1. The topological polar surface area (TPSA) is 18.5 Å². The van der Waals surface area contributed by atoms with E-state index in [0.29, 0.717) is 17.9 Å². The molecule has 1 aliphatic rings. The fraction of sp³-hybridized carbons (Fsp3) is 0.500. The van der Waals surface area contributed by atoms with Crippen LogP contribution in [0.1, 0.15) is 39.0 Å². The van der Waals surface area contributed by atoms with Crippen LogP contribution in [0.25, 0.3) is 0 Å². The minimum absolute atomic E-state index is 0.155. The molecule has 0 saturated carbocycles. The molecule has 0 spiro atoms. The predicted octanol–water partition coefficient (Wildman–Crippen LogP) is 5.24. The average Bonchev–Trinajstić information content (AvgIpc) is 2.42. The molecular weight excluding hydrogens is 281 g/mol. The first-order valence-electron chi connectivity index (χ1n) is 7.22. The Morgan fingerprint density at radius 1 is 1.10 bits per heavy atom. The molecular formula is C16H19F3O2. The van der Waals surface area contributed by atoms with E-state index in [0.717, 1.165) is 25.7 Å². The zero-order valence-corrected chi connectivity index (χ0v) is 12.0. The first-order valence-corrected chi connectivity index (χ1v) is 7.22. The molecule has 21 heavy (non-hydrogen) atoms. The van der Waals surface area contributed by atoms with E-state index in [1.165, 1.54) is 0 Å². The lowest BCUT2D eigenvalue weighted by Gasteiger charge is -2.29. The summed E-state index contributed by atoms with van der Waals surface area (Å²) in [6.45, 7) is 2.09. The van der Waals surface area contributed by atoms with Crippen molar-refractivity contribution in [2.75, 3.05) is 0 Å². The van der Waals surface area contributed by atoms with Crippen LogP contribution in [0, 0.1) is 0 Å². The van der Waals surface area contributed by atoms with Gasteiger partial charge in [0.2, 0.25) is 0 Å². The Balaban J connectivity index is 2.13. The summed E-state index contributed by atoms with van der Waals surface area (Å²) in [4.78, 5) is 0. The number of rotatable bonds is 5. The minimum atomic E-state index is -4.41. The highest BCUT2D eigenvalue weighted by Crippen LogP contribution is 2.37. The number of hydrogen-bond acceptors (Lipinski definition) is 2. The number of allylic oxidation sites excluding steroid dienone is 1. The molecule has 116 valence electrons. The first kappa shape index (κ1) is 15.7. The molecule has 2 rings (SSSR count). The van der Waals surface area contributed by atoms with Crippen LogP contribution in [-0.2, 0) is 0 Å². The minimum Gasteiger partial charge on any atom is -0.479 e. The van der Waals surface area contributed by atoms with Crippen LogP contribution in [0.15, 0.2) is 36.1 Å². The van der Waals surface area contributed by atoms with Crippen LogP contribution in [0.2, 0.25) is 0 Å². The van der Waals surface area contributed by atoms with Crippen molar-refractivity contribution < 1.29 is 22.6 Å². The second kappa shape index (κ2) is 6.87. The predicted molar refractivity (Wildman–Crippen MR) is 74.4 cm³/mol. The smallest absolute Gasteiger partial charge is 0.413 e. The number of unbranched alkanes of at least 4 members (excludes halogenated alkanes) is 3. The molecule has 0 aliphatic carbocycles. The maximum Gasteiger partial charge on any atom is 0.413 e. The largest absolute Gasteiger partial charge is 0.479 e. The lowest BCUT2D eigenvalue weighted by Crippen LogP contribution is -2.28. The maximum atomic E-state index is 12.6. The molecule has 0 N–H and O–H groups in total. The molecule has 1 aromatic carbocycles. The Bertz CT molecular complexity index is 495. The fourth-order valence-corrected chi connectivity index (χ4v) is 2.28. The van der Waals surface area contributed by atoms with Gasteiger partial charge in [-0.2, -0.15) is 13.2 Å². The summed E-state index contributed by atoms with van der Waals surface area (Å²) in [5, 5.41) is 0. The molecule has 0 saturated heterocycles.